The van der Waals surface area contributed by atoms with Gasteiger partial charge in [-0.15, -0.1) is 0 Å². The van der Waals surface area contributed by atoms with Crippen molar-refractivity contribution in [1.82, 2.24) is 4.90 Å². The van der Waals surface area contributed by atoms with Crippen LogP contribution in [-0.4, -0.2) is 42.7 Å². The summed E-state index contributed by atoms with van der Waals surface area (Å²) in [6.07, 6.45) is 0. The van der Waals surface area contributed by atoms with E-state index in [1.807, 2.05) is 24.3 Å². The second-order valence-corrected chi connectivity index (χ2v) is 5.48. The third-order valence-corrected chi connectivity index (χ3v) is 3.81. The predicted octanol–water partition coefficient (Wildman–Crippen LogP) is 2.76. The number of hydrogen-bond acceptors (Lipinski definition) is 4. The SMILES string of the molecule is CCN(CCO)Cc1cccc(NC(=O)c2ccc(OC)cc2)c1. The van der Waals surface area contributed by atoms with Crippen molar-refractivity contribution < 1.29 is 14.6 Å². The molecule has 2 aromatic rings. The summed E-state index contributed by atoms with van der Waals surface area (Å²) in [6.45, 7) is 4.44. The summed E-state index contributed by atoms with van der Waals surface area (Å²) in [5, 5.41) is 12.0. The molecular weight excluding hydrogens is 304 g/mol. The molecule has 0 aliphatic carbocycles. The van der Waals surface area contributed by atoms with Crippen LogP contribution in [0.1, 0.15) is 22.8 Å². The zero-order valence-corrected chi connectivity index (χ0v) is 14.2. The maximum absolute atomic E-state index is 12.3. The number of amides is 1. The number of ether oxygens (including phenoxy) is 1. The number of hydrogen-bond donors (Lipinski definition) is 2. The highest BCUT2D eigenvalue weighted by molar-refractivity contribution is 6.04. The quantitative estimate of drug-likeness (QED) is 0.782. The molecule has 5 heteroatoms. The van der Waals surface area contributed by atoms with Gasteiger partial charge in [0.25, 0.3) is 5.91 Å². The standard InChI is InChI=1S/C19H24N2O3/c1-3-21(11-12-22)14-15-5-4-6-17(13-15)20-19(23)16-7-9-18(24-2)10-8-16/h4-10,13,22H,3,11-12,14H2,1-2H3,(H,20,23). The van der Waals surface area contributed by atoms with Gasteiger partial charge in [0, 0.05) is 24.3 Å². The van der Waals surface area contributed by atoms with Gasteiger partial charge in [-0.1, -0.05) is 19.1 Å². The number of likely N-dealkylation sites (N-methyl/N-ethyl adjacent to an activating group) is 1. The minimum absolute atomic E-state index is 0.141. The van der Waals surface area contributed by atoms with E-state index in [-0.39, 0.29) is 12.5 Å². The third kappa shape index (κ3) is 5.08. The number of aliphatic hydroxyl groups is 1. The molecule has 0 fully saturated rings. The summed E-state index contributed by atoms with van der Waals surface area (Å²) in [6, 6.07) is 14.8. The van der Waals surface area contributed by atoms with E-state index in [0.717, 1.165) is 30.1 Å². The second-order valence-electron chi connectivity index (χ2n) is 5.48. The zero-order valence-electron chi connectivity index (χ0n) is 14.2. The molecule has 0 aliphatic rings. The Bertz CT molecular complexity index is 656. The summed E-state index contributed by atoms with van der Waals surface area (Å²) in [4.78, 5) is 14.5. The van der Waals surface area contributed by atoms with Crippen molar-refractivity contribution in [2.24, 2.45) is 0 Å². The molecule has 0 atom stereocenters. The highest BCUT2D eigenvalue weighted by atomic mass is 16.5. The fraction of sp³-hybridized carbons (Fsp3) is 0.316. The van der Waals surface area contributed by atoms with Gasteiger partial charge in [-0.05, 0) is 48.5 Å². The van der Waals surface area contributed by atoms with Crippen molar-refractivity contribution in [3.05, 3.63) is 59.7 Å². The van der Waals surface area contributed by atoms with Crippen LogP contribution in [0.15, 0.2) is 48.5 Å². The Labute approximate surface area is 142 Å². The molecule has 0 aromatic heterocycles. The van der Waals surface area contributed by atoms with Crippen LogP contribution in [0.5, 0.6) is 5.75 Å². The normalized spacial score (nSPS) is 10.7. The molecule has 0 unspecified atom stereocenters. The highest BCUT2D eigenvalue weighted by Gasteiger charge is 2.08. The Morgan fingerprint density at radius 2 is 1.96 bits per heavy atom. The zero-order chi connectivity index (χ0) is 17.4. The van der Waals surface area contributed by atoms with Crippen molar-refractivity contribution in [1.29, 1.82) is 0 Å². The Balaban J connectivity index is 2.03. The lowest BCUT2D eigenvalue weighted by atomic mass is 10.1. The molecule has 0 spiro atoms. The third-order valence-electron chi connectivity index (χ3n) is 3.81. The van der Waals surface area contributed by atoms with Crippen molar-refractivity contribution in [3.8, 4) is 5.75 Å². The molecular formula is C19H24N2O3. The first kappa shape index (κ1) is 18.0. The van der Waals surface area contributed by atoms with Crippen LogP contribution in [-0.2, 0) is 6.54 Å². The van der Waals surface area contributed by atoms with E-state index < -0.39 is 0 Å². The molecule has 5 nitrogen and oxygen atoms in total. The number of aliphatic hydroxyl groups excluding tert-OH is 1. The van der Waals surface area contributed by atoms with Gasteiger partial charge >= 0.3 is 0 Å². The van der Waals surface area contributed by atoms with Gasteiger partial charge in [0.15, 0.2) is 0 Å². The van der Waals surface area contributed by atoms with Crippen LogP contribution in [0.4, 0.5) is 5.69 Å². The molecule has 0 radical (unpaired) electrons. The molecule has 0 saturated heterocycles. The number of carbonyl (C=O) groups excluding carboxylic acids is 1. The topological polar surface area (TPSA) is 61.8 Å². The average molecular weight is 328 g/mol. The van der Waals surface area contributed by atoms with E-state index in [1.54, 1.807) is 31.4 Å². The monoisotopic (exact) mass is 328 g/mol. The maximum atomic E-state index is 12.3. The van der Waals surface area contributed by atoms with Crippen molar-refractivity contribution in [3.63, 3.8) is 0 Å². The van der Waals surface area contributed by atoms with E-state index in [0.29, 0.717) is 12.1 Å². The summed E-state index contributed by atoms with van der Waals surface area (Å²) >= 11 is 0. The minimum Gasteiger partial charge on any atom is -0.497 e. The van der Waals surface area contributed by atoms with Crippen molar-refractivity contribution in [2.45, 2.75) is 13.5 Å². The number of methoxy groups -OCH3 is 1. The van der Waals surface area contributed by atoms with Crippen molar-refractivity contribution >= 4 is 11.6 Å². The minimum atomic E-state index is -0.155. The molecule has 24 heavy (non-hydrogen) atoms. The molecule has 2 rings (SSSR count). The predicted molar refractivity (Wildman–Crippen MR) is 95.4 cm³/mol. The Hall–Kier alpha value is -2.37. The summed E-state index contributed by atoms with van der Waals surface area (Å²) < 4.78 is 5.10. The number of rotatable bonds is 8. The van der Waals surface area contributed by atoms with Gasteiger partial charge < -0.3 is 15.2 Å². The second kappa shape index (κ2) is 9.05. The molecule has 1 amide bonds. The van der Waals surface area contributed by atoms with E-state index in [4.69, 9.17) is 9.84 Å². The van der Waals surface area contributed by atoms with Crippen molar-refractivity contribution in [2.75, 3.05) is 32.1 Å². The van der Waals surface area contributed by atoms with E-state index in [9.17, 15) is 4.79 Å². The fourth-order valence-electron chi connectivity index (χ4n) is 2.44. The van der Waals surface area contributed by atoms with Gasteiger partial charge in [-0.3, -0.25) is 9.69 Å². The largest absolute Gasteiger partial charge is 0.497 e. The smallest absolute Gasteiger partial charge is 0.255 e. The first-order chi connectivity index (χ1) is 11.7. The van der Waals surface area contributed by atoms with E-state index in [1.165, 1.54) is 0 Å². The van der Waals surface area contributed by atoms with Crippen LogP contribution in [0.3, 0.4) is 0 Å². The first-order valence-electron chi connectivity index (χ1n) is 8.03. The molecule has 0 saturated carbocycles. The lowest BCUT2D eigenvalue weighted by Gasteiger charge is -2.19. The number of carbonyl (C=O) groups is 1. The molecule has 2 N–H and O–H groups in total. The number of anilines is 1. The Kier molecular flexibility index (Phi) is 6.78. The first-order valence-corrected chi connectivity index (χ1v) is 8.03. The molecule has 0 aliphatic heterocycles. The summed E-state index contributed by atoms with van der Waals surface area (Å²) in [5.41, 5.74) is 2.43. The molecule has 0 bridgehead atoms. The van der Waals surface area contributed by atoms with Crippen LogP contribution in [0.2, 0.25) is 0 Å². The number of benzene rings is 2. The summed E-state index contributed by atoms with van der Waals surface area (Å²) in [7, 11) is 1.59. The van der Waals surface area contributed by atoms with Gasteiger partial charge in [0.2, 0.25) is 0 Å². The molecule has 128 valence electrons. The van der Waals surface area contributed by atoms with E-state index >= 15 is 0 Å². The van der Waals surface area contributed by atoms with E-state index in [2.05, 4.69) is 17.1 Å². The van der Waals surface area contributed by atoms with Crippen LogP contribution < -0.4 is 10.1 Å². The summed E-state index contributed by atoms with van der Waals surface area (Å²) in [5.74, 6) is 0.564. The van der Waals surface area contributed by atoms with Gasteiger partial charge in [0.1, 0.15) is 5.75 Å². The maximum Gasteiger partial charge on any atom is 0.255 e. The lowest BCUT2D eigenvalue weighted by molar-refractivity contribution is 0.102. The van der Waals surface area contributed by atoms with Gasteiger partial charge in [-0.25, -0.2) is 0 Å². The van der Waals surface area contributed by atoms with Gasteiger partial charge in [-0.2, -0.15) is 0 Å². The van der Waals surface area contributed by atoms with Crippen LogP contribution in [0, 0.1) is 0 Å². The number of nitrogens with one attached hydrogen (secondary N) is 1. The van der Waals surface area contributed by atoms with Crippen LogP contribution in [0.25, 0.3) is 0 Å². The van der Waals surface area contributed by atoms with Gasteiger partial charge in [0.05, 0.1) is 13.7 Å². The fourth-order valence-corrected chi connectivity index (χ4v) is 2.44. The molecule has 0 heterocycles. The highest BCUT2D eigenvalue weighted by Crippen LogP contribution is 2.16. The molecule has 2 aromatic carbocycles. The Morgan fingerprint density at radius 3 is 2.58 bits per heavy atom. The average Bonchev–Trinajstić information content (AvgIpc) is 2.61. The Morgan fingerprint density at radius 1 is 1.21 bits per heavy atom. The number of nitrogens with zero attached hydrogens (tertiary/aromatic N) is 1. The lowest BCUT2D eigenvalue weighted by Crippen LogP contribution is -2.26. The van der Waals surface area contributed by atoms with Crippen LogP contribution >= 0.6 is 0 Å².